The SMILES string of the molecule is CCCSC1(C)CC2c3ccccc3CCN2CC1(C)C. The van der Waals surface area contributed by atoms with Crippen LogP contribution in [-0.2, 0) is 6.42 Å². The van der Waals surface area contributed by atoms with Gasteiger partial charge in [0, 0.05) is 23.9 Å². The van der Waals surface area contributed by atoms with Crippen molar-refractivity contribution in [2.24, 2.45) is 5.41 Å². The first kappa shape index (κ1) is 15.4. The number of fused-ring (bicyclic) bond motifs is 3. The molecule has 0 N–H and O–H groups in total. The van der Waals surface area contributed by atoms with Gasteiger partial charge in [0.2, 0.25) is 0 Å². The second-order valence-electron chi connectivity index (χ2n) is 7.60. The molecule has 1 aromatic rings. The third kappa shape index (κ3) is 2.66. The fourth-order valence-corrected chi connectivity index (χ4v) is 5.42. The minimum Gasteiger partial charge on any atom is -0.295 e. The average molecular weight is 304 g/mol. The first-order valence-corrected chi connectivity index (χ1v) is 9.41. The van der Waals surface area contributed by atoms with Crippen LogP contribution in [0.3, 0.4) is 0 Å². The fraction of sp³-hybridized carbons (Fsp3) is 0.684. The maximum absolute atomic E-state index is 2.75. The van der Waals surface area contributed by atoms with Crippen LogP contribution in [0.1, 0.15) is 57.7 Å². The predicted molar refractivity (Wildman–Crippen MR) is 94.0 cm³/mol. The Kier molecular flexibility index (Phi) is 4.13. The van der Waals surface area contributed by atoms with Crippen molar-refractivity contribution in [2.45, 2.75) is 57.7 Å². The molecule has 0 radical (unpaired) electrons. The van der Waals surface area contributed by atoms with Gasteiger partial charge in [-0.15, -0.1) is 0 Å². The summed E-state index contributed by atoms with van der Waals surface area (Å²) in [6.07, 6.45) is 3.80. The largest absolute Gasteiger partial charge is 0.295 e. The molecule has 2 heteroatoms. The standard InChI is InChI=1S/C19H29NS/c1-5-12-21-19(4)13-17-16-9-7-6-8-15(16)10-11-20(17)14-18(19,2)3/h6-9,17H,5,10-14H2,1-4H3. The maximum atomic E-state index is 2.75. The zero-order valence-electron chi connectivity index (χ0n) is 14.0. The molecule has 1 nitrogen and oxygen atoms in total. The third-order valence-corrected chi connectivity index (χ3v) is 7.73. The Morgan fingerprint density at radius 2 is 2.00 bits per heavy atom. The van der Waals surface area contributed by atoms with E-state index in [1.165, 1.54) is 38.1 Å². The summed E-state index contributed by atoms with van der Waals surface area (Å²) in [6.45, 7) is 12.2. The van der Waals surface area contributed by atoms with Gasteiger partial charge in [0.1, 0.15) is 0 Å². The van der Waals surface area contributed by atoms with Crippen molar-refractivity contribution in [3.05, 3.63) is 35.4 Å². The van der Waals surface area contributed by atoms with Crippen molar-refractivity contribution in [1.29, 1.82) is 0 Å². The molecule has 2 unspecified atom stereocenters. The lowest BCUT2D eigenvalue weighted by Crippen LogP contribution is -2.56. The monoisotopic (exact) mass is 303 g/mol. The van der Waals surface area contributed by atoms with Gasteiger partial charge in [0.25, 0.3) is 0 Å². The molecule has 2 atom stereocenters. The Labute approximate surface area is 134 Å². The van der Waals surface area contributed by atoms with Gasteiger partial charge in [-0.2, -0.15) is 11.8 Å². The number of benzene rings is 1. The number of nitrogens with zero attached hydrogens (tertiary/aromatic N) is 1. The Bertz CT molecular complexity index is 510. The van der Waals surface area contributed by atoms with Crippen LogP contribution in [0.15, 0.2) is 24.3 Å². The summed E-state index contributed by atoms with van der Waals surface area (Å²) in [6, 6.07) is 9.76. The second-order valence-corrected chi connectivity index (χ2v) is 9.20. The first-order chi connectivity index (χ1) is 9.97. The highest BCUT2D eigenvalue weighted by molar-refractivity contribution is 8.00. The van der Waals surface area contributed by atoms with Crippen molar-refractivity contribution in [3.63, 3.8) is 0 Å². The molecule has 2 aliphatic heterocycles. The fourth-order valence-electron chi connectivity index (χ4n) is 4.03. The molecule has 1 aromatic carbocycles. The molecule has 0 bridgehead atoms. The summed E-state index contributed by atoms with van der Waals surface area (Å²) < 4.78 is 0.384. The molecular weight excluding hydrogens is 274 g/mol. The summed E-state index contributed by atoms with van der Waals surface area (Å²) in [5.74, 6) is 1.29. The minimum atomic E-state index is 0.384. The van der Waals surface area contributed by atoms with Crippen LogP contribution >= 0.6 is 11.8 Å². The molecule has 21 heavy (non-hydrogen) atoms. The second kappa shape index (κ2) is 5.62. The van der Waals surface area contributed by atoms with E-state index in [0.717, 1.165) is 0 Å². The van der Waals surface area contributed by atoms with E-state index in [4.69, 9.17) is 0 Å². The van der Waals surface area contributed by atoms with Gasteiger partial charge in [0.05, 0.1) is 0 Å². The molecular formula is C19H29NS. The molecule has 0 spiro atoms. The molecule has 0 saturated carbocycles. The van der Waals surface area contributed by atoms with E-state index >= 15 is 0 Å². The van der Waals surface area contributed by atoms with Crippen molar-refractivity contribution < 1.29 is 0 Å². The molecule has 0 aliphatic carbocycles. The average Bonchev–Trinajstić information content (AvgIpc) is 2.46. The lowest BCUT2D eigenvalue weighted by Gasteiger charge is -2.56. The van der Waals surface area contributed by atoms with Crippen molar-refractivity contribution in [3.8, 4) is 0 Å². The normalized spacial score (nSPS) is 31.5. The van der Waals surface area contributed by atoms with Crippen molar-refractivity contribution in [1.82, 2.24) is 4.90 Å². The molecule has 2 aliphatic rings. The number of rotatable bonds is 3. The third-order valence-electron chi connectivity index (χ3n) is 5.76. The van der Waals surface area contributed by atoms with Gasteiger partial charge in [-0.05, 0) is 48.5 Å². The molecule has 2 heterocycles. The Hall–Kier alpha value is -0.470. The lowest BCUT2D eigenvalue weighted by atomic mass is 9.69. The summed E-state index contributed by atoms with van der Waals surface area (Å²) >= 11 is 2.21. The van der Waals surface area contributed by atoms with Gasteiger partial charge in [-0.25, -0.2) is 0 Å². The molecule has 3 rings (SSSR count). The van der Waals surface area contributed by atoms with Crippen LogP contribution in [0.5, 0.6) is 0 Å². The highest BCUT2D eigenvalue weighted by Gasteiger charge is 2.50. The topological polar surface area (TPSA) is 3.24 Å². The number of thioether (sulfide) groups is 1. The van der Waals surface area contributed by atoms with E-state index < -0.39 is 0 Å². The Morgan fingerprint density at radius 1 is 1.24 bits per heavy atom. The summed E-state index contributed by atoms with van der Waals surface area (Å²) in [5.41, 5.74) is 3.57. The molecule has 1 fully saturated rings. The molecule has 0 amide bonds. The Morgan fingerprint density at radius 3 is 2.76 bits per heavy atom. The van der Waals surface area contributed by atoms with Gasteiger partial charge >= 0.3 is 0 Å². The van der Waals surface area contributed by atoms with Gasteiger partial charge in [0.15, 0.2) is 0 Å². The van der Waals surface area contributed by atoms with E-state index in [9.17, 15) is 0 Å². The molecule has 1 saturated heterocycles. The van der Waals surface area contributed by atoms with E-state index in [1.54, 1.807) is 11.1 Å². The van der Waals surface area contributed by atoms with Crippen LogP contribution < -0.4 is 0 Å². The quantitative estimate of drug-likeness (QED) is 0.780. The highest BCUT2D eigenvalue weighted by atomic mass is 32.2. The van der Waals surface area contributed by atoms with Crippen molar-refractivity contribution in [2.75, 3.05) is 18.8 Å². The van der Waals surface area contributed by atoms with E-state index in [0.29, 0.717) is 16.2 Å². The smallest absolute Gasteiger partial charge is 0.0364 e. The van der Waals surface area contributed by atoms with Gasteiger partial charge < -0.3 is 0 Å². The van der Waals surface area contributed by atoms with E-state index in [1.807, 2.05) is 0 Å². The first-order valence-electron chi connectivity index (χ1n) is 8.43. The van der Waals surface area contributed by atoms with Crippen LogP contribution in [0, 0.1) is 5.41 Å². The summed E-state index contributed by atoms with van der Waals surface area (Å²) in [5, 5.41) is 0. The van der Waals surface area contributed by atoms with Gasteiger partial charge in [-0.3, -0.25) is 4.90 Å². The number of hydrogen-bond donors (Lipinski definition) is 0. The maximum Gasteiger partial charge on any atom is 0.0364 e. The highest BCUT2D eigenvalue weighted by Crippen LogP contribution is 2.54. The zero-order chi connectivity index (χ0) is 15.1. The zero-order valence-corrected chi connectivity index (χ0v) is 14.8. The lowest BCUT2D eigenvalue weighted by molar-refractivity contribution is 0.0294. The van der Waals surface area contributed by atoms with Gasteiger partial charge in [-0.1, -0.05) is 45.0 Å². The van der Waals surface area contributed by atoms with E-state index in [-0.39, 0.29) is 0 Å². The van der Waals surface area contributed by atoms with Crippen molar-refractivity contribution >= 4 is 11.8 Å². The Balaban J connectivity index is 1.92. The summed E-state index contributed by atoms with van der Waals surface area (Å²) in [4.78, 5) is 2.75. The molecule has 0 aromatic heterocycles. The van der Waals surface area contributed by atoms with Crippen LogP contribution in [0.2, 0.25) is 0 Å². The van der Waals surface area contributed by atoms with Crippen LogP contribution in [0.4, 0.5) is 0 Å². The number of hydrogen-bond acceptors (Lipinski definition) is 2. The molecule has 116 valence electrons. The van der Waals surface area contributed by atoms with Crippen LogP contribution in [0.25, 0.3) is 0 Å². The predicted octanol–water partition coefficient (Wildman–Crippen LogP) is 4.92. The van der Waals surface area contributed by atoms with E-state index in [2.05, 4.69) is 68.6 Å². The minimum absolute atomic E-state index is 0.384. The number of piperidine rings is 1. The van der Waals surface area contributed by atoms with Crippen LogP contribution in [-0.4, -0.2) is 28.5 Å². The summed E-state index contributed by atoms with van der Waals surface area (Å²) in [7, 11) is 0.